The summed E-state index contributed by atoms with van der Waals surface area (Å²) in [6, 6.07) is 0. The Morgan fingerprint density at radius 2 is 1.82 bits per heavy atom. The number of aliphatic carboxylic acids is 1. The van der Waals surface area contributed by atoms with Crippen molar-refractivity contribution in [1.82, 2.24) is 5.32 Å². The Morgan fingerprint density at radius 1 is 1.08 bits per heavy atom. The van der Waals surface area contributed by atoms with E-state index < -0.39 is 5.97 Å². The molecule has 1 unspecified atom stereocenters. The van der Waals surface area contributed by atoms with Gasteiger partial charge in [-0.3, -0.25) is 4.79 Å². The van der Waals surface area contributed by atoms with Crippen LogP contribution in [0.4, 0.5) is 0 Å². The molecule has 0 aromatic heterocycles. The van der Waals surface area contributed by atoms with Gasteiger partial charge in [-0.25, -0.2) is 15.0 Å². The van der Waals surface area contributed by atoms with Crippen molar-refractivity contribution >= 4 is 23.1 Å². The molecule has 1 aliphatic carbocycles. The van der Waals surface area contributed by atoms with Crippen molar-refractivity contribution in [3.63, 3.8) is 0 Å². The summed E-state index contributed by atoms with van der Waals surface area (Å²) in [5.41, 5.74) is 13.9. The number of carbonyl (C=O) groups is 1. The highest BCUT2D eigenvalue weighted by molar-refractivity contribution is 6.21. The summed E-state index contributed by atoms with van der Waals surface area (Å²) < 4.78 is 0. The Kier molecular flexibility index (Phi) is 5.90. The fourth-order valence-electron chi connectivity index (χ4n) is 6.36. The molecule has 0 spiro atoms. The number of hydrogen-bond acceptors (Lipinski definition) is 6. The molecule has 0 amide bonds. The van der Waals surface area contributed by atoms with Crippen LogP contribution in [0, 0.1) is 5.92 Å². The third-order valence-corrected chi connectivity index (χ3v) is 8.46. The van der Waals surface area contributed by atoms with E-state index >= 15 is 0 Å². The van der Waals surface area contributed by atoms with Gasteiger partial charge in [-0.05, 0) is 80.6 Å². The number of nitrogens with one attached hydrogen (secondary N) is 1. The van der Waals surface area contributed by atoms with Crippen molar-refractivity contribution in [3.05, 3.63) is 104 Å². The van der Waals surface area contributed by atoms with Gasteiger partial charge in [-0.2, -0.15) is 0 Å². The summed E-state index contributed by atoms with van der Waals surface area (Å²) in [5.74, 6) is -0.530. The van der Waals surface area contributed by atoms with Gasteiger partial charge in [-0.1, -0.05) is 19.6 Å². The Morgan fingerprint density at radius 3 is 2.54 bits per heavy atom. The number of rotatable bonds is 5. The summed E-state index contributed by atoms with van der Waals surface area (Å²) in [7, 11) is 0. The second-order valence-corrected chi connectivity index (χ2v) is 10.7. The minimum Gasteiger partial charge on any atom is -0.511 e. The lowest BCUT2D eigenvalue weighted by molar-refractivity contribution is -0.137. The molecule has 0 aromatic carbocycles. The number of carboxylic acids is 1. The van der Waals surface area contributed by atoms with Crippen molar-refractivity contribution in [2.75, 3.05) is 0 Å². The van der Waals surface area contributed by atoms with Crippen molar-refractivity contribution in [3.8, 4) is 0 Å². The van der Waals surface area contributed by atoms with Gasteiger partial charge in [0, 0.05) is 46.9 Å². The third-order valence-electron chi connectivity index (χ3n) is 8.46. The van der Waals surface area contributed by atoms with Crippen molar-refractivity contribution in [1.29, 1.82) is 0 Å². The molecule has 39 heavy (non-hydrogen) atoms. The highest BCUT2D eigenvalue weighted by Gasteiger charge is 2.38. The minimum absolute atomic E-state index is 0.0189. The number of aliphatic imine (C=N–C) groups is 3. The van der Waals surface area contributed by atoms with Crippen LogP contribution >= 0.6 is 0 Å². The van der Waals surface area contributed by atoms with Crippen LogP contribution in [-0.4, -0.2) is 33.3 Å². The largest absolute Gasteiger partial charge is 0.511 e. The maximum Gasteiger partial charge on any atom is 0.303 e. The Hall–Kier alpha value is -4.26. The first-order chi connectivity index (χ1) is 18.7. The average Bonchev–Trinajstić information content (AvgIpc) is 3.66. The molecule has 0 aromatic rings. The summed E-state index contributed by atoms with van der Waals surface area (Å²) >= 11 is 0. The molecule has 7 heteroatoms. The van der Waals surface area contributed by atoms with Crippen molar-refractivity contribution in [2.45, 2.75) is 59.8 Å². The molecule has 1 atom stereocenters. The van der Waals surface area contributed by atoms with Crippen LogP contribution in [0.1, 0.15) is 59.8 Å². The van der Waals surface area contributed by atoms with E-state index in [-0.39, 0.29) is 12.3 Å². The lowest BCUT2D eigenvalue weighted by Gasteiger charge is -2.14. The van der Waals surface area contributed by atoms with Crippen LogP contribution in [0.3, 0.4) is 0 Å². The molecule has 7 nitrogen and oxygen atoms in total. The molecule has 0 saturated carbocycles. The number of carboxylic acid groups (broad SMARTS) is 1. The fourth-order valence-corrected chi connectivity index (χ4v) is 6.36. The van der Waals surface area contributed by atoms with E-state index in [1.807, 2.05) is 32.1 Å². The normalized spacial score (nSPS) is 23.7. The van der Waals surface area contributed by atoms with Crippen LogP contribution in [0.2, 0.25) is 0 Å². The van der Waals surface area contributed by atoms with E-state index in [2.05, 4.69) is 31.8 Å². The number of aliphatic hydroxyl groups excluding tert-OH is 1. The van der Waals surface area contributed by atoms with E-state index in [4.69, 9.17) is 15.0 Å². The van der Waals surface area contributed by atoms with Gasteiger partial charge >= 0.3 is 5.97 Å². The topological polar surface area (TPSA) is 107 Å². The first-order valence-corrected chi connectivity index (χ1v) is 13.5. The molecule has 5 heterocycles. The molecule has 8 bridgehead atoms. The van der Waals surface area contributed by atoms with Gasteiger partial charge in [-0.15, -0.1) is 0 Å². The van der Waals surface area contributed by atoms with Crippen molar-refractivity contribution in [2.24, 2.45) is 20.9 Å². The number of allylic oxidation sites excluding steroid dienone is 12. The van der Waals surface area contributed by atoms with Crippen LogP contribution in [-0.2, 0) is 4.79 Å². The summed E-state index contributed by atoms with van der Waals surface area (Å²) in [6.07, 6.45) is 10.4. The zero-order valence-electron chi connectivity index (χ0n) is 22.8. The average molecular weight is 521 g/mol. The van der Waals surface area contributed by atoms with Gasteiger partial charge in [0.25, 0.3) is 0 Å². The Bertz CT molecular complexity index is 1630. The molecule has 5 aliphatic heterocycles. The predicted molar refractivity (Wildman–Crippen MR) is 155 cm³/mol. The maximum atomic E-state index is 11.5. The molecule has 3 N–H and O–H groups in total. The SMILES string of the molecule is C=CC1=C(C)C2=NC1=CC1=NC(=CC3=C(C)C4=C(O)CC(=C5NC(=C2)CC5CCC(=O)O)C4=N3)C(CC)=C1C. The first kappa shape index (κ1) is 25.0. The van der Waals surface area contributed by atoms with Crippen LogP contribution < -0.4 is 5.32 Å². The van der Waals surface area contributed by atoms with Gasteiger partial charge in [0.15, 0.2) is 0 Å². The van der Waals surface area contributed by atoms with Gasteiger partial charge in [0.05, 0.1) is 34.2 Å². The summed E-state index contributed by atoms with van der Waals surface area (Å²) in [6.45, 7) is 12.3. The molecule has 198 valence electrons. The summed E-state index contributed by atoms with van der Waals surface area (Å²) in [5, 5.41) is 24.1. The smallest absolute Gasteiger partial charge is 0.303 e. The molecule has 6 aliphatic rings. The third kappa shape index (κ3) is 3.95. The van der Waals surface area contributed by atoms with Gasteiger partial charge in [0.2, 0.25) is 0 Å². The van der Waals surface area contributed by atoms with Crippen molar-refractivity contribution < 1.29 is 15.0 Å². The molecule has 1 fully saturated rings. The number of fused-ring (bicyclic) bond motifs is 5. The Labute approximate surface area is 228 Å². The molecule has 1 saturated heterocycles. The highest BCUT2D eigenvalue weighted by Crippen LogP contribution is 2.45. The molecular weight excluding hydrogens is 488 g/mol. The van der Waals surface area contributed by atoms with E-state index in [0.29, 0.717) is 25.0 Å². The van der Waals surface area contributed by atoms with E-state index in [9.17, 15) is 15.0 Å². The zero-order chi connectivity index (χ0) is 27.6. The van der Waals surface area contributed by atoms with Crippen LogP contribution in [0.5, 0.6) is 0 Å². The predicted octanol–water partition coefficient (Wildman–Crippen LogP) is 6.46. The van der Waals surface area contributed by atoms with Gasteiger partial charge < -0.3 is 15.5 Å². The number of aliphatic hydroxyl groups is 1. The van der Waals surface area contributed by atoms with Crippen LogP contribution in [0.25, 0.3) is 0 Å². The standard InChI is InChI=1S/C32H32N4O3/c1-6-20-15(3)23-11-19-10-18(8-9-29(38)39)31(33-19)22-12-28(37)30-17(5)25(36-32(22)30)14-27-21(7-2)16(4)24(35-27)13-26(20)34-23/h6,11,13-14,18,33,37H,1,7-10,12H2,2-5H3,(H,38,39). The minimum atomic E-state index is -0.816. The monoisotopic (exact) mass is 520 g/mol. The molecular formula is C32H32N4O3. The number of hydrogen-bond donors (Lipinski definition) is 3. The Balaban J connectivity index is 1.59. The highest BCUT2D eigenvalue weighted by atomic mass is 16.4. The first-order valence-electron chi connectivity index (χ1n) is 13.5. The zero-order valence-corrected chi connectivity index (χ0v) is 22.8. The van der Waals surface area contributed by atoms with Gasteiger partial charge in [0.1, 0.15) is 5.76 Å². The van der Waals surface area contributed by atoms with E-state index in [1.54, 1.807) is 0 Å². The lowest BCUT2D eigenvalue weighted by atomic mass is 9.93. The molecule has 0 radical (unpaired) electrons. The van der Waals surface area contributed by atoms with E-state index in [0.717, 1.165) is 85.5 Å². The molecule has 6 rings (SSSR count). The lowest BCUT2D eigenvalue weighted by Crippen LogP contribution is -2.15. The second kappa shape index (κ2) is 9.19. The fraction of sp³-hybridized carbons (Fsp3) is 0.312. The van der Waals surface area contributed by atoms with Crippen LogP contribution in [0.15, 0.2) is 119 Å². The second-order valence-electron chi connectivity index (χ2n) is 10.7. The quantitative estimate of drug-likeness (QED) is 0.387. The summed E-state index contributed by atoms with van der Waals surface area (Å²) in [4.78, 5) is 26.5. The number of nitrogens with zero attached hydrogens (tertiary/aromatic N) is 3. The maximum absolute atomic E-state index is 11.5. The van der Waals surface area contributed by atoms with E-state index in [1.165, 1.54) is 5.57 Å².